The van der Waals surface area contributed by atoms with Crippen LogP contribution in [0.3, 0.4) is 0 Å². The number of rotatable bonds is 0. The quantitative estimate of drug-likeness (QED) is 0.651. The first kappa shape index (κ1) is 7.21. The summed E-state index contributed by atoms with van der Waals surface area (Å²) in [7, 11) is 0. The summed E-state index contributed by atoms with van der Waals surface area (Å²) in [6.45, 7) is 3.12. The molecule has 3 nitrogen and oxygen atoms in total. The lowest BCUT2D eigenvalue weighted by molar-refractivity contribution is 0.134. The summed E-state index contributed by atoms with van der Waals surface area (Å²) in [5, 5.41) is 3.31. The number of anilines is 1. The van der Waals surface area contributed by atoms with Gasteiger partial charge >= 0.3 is 0 Å². The summed E-state index contributed by atoms with van der Waals surface area (Å²) in [6.07, 6.45) is 0. The monoisotopic (exact) mass is 177 g/mol. The van der Waals surface area contributed by atoms with Crippen molar-refractivity contribution < 1.29 is 9.47 Å². The maximum atomic E-state index is 5.53. The standard InChI is InChI=1S/C10H11NO2/c1-2-13-10-4-8-6-12-5-7(8)3-9(10)11-1/h3-4,11H,1-2,5-6H2. The van der Waals surface area contributed by atoms with Gasteiger partial charge in [-0.25, -0.2) is 0 Å². The zero-order chi connectivity index (χ0) is 8.67. The molecule has 0 saturated heterocycles. The van der Waals surface area contributed by atoms with Crippen LogP contribution in [0, 0.1) is 0 Å². The third kappa shape index (κ3) is 1.08. The molecule has 3 heteroatoms. The van der Waals surface area contributed by atoms with E-state index in [0.717, 1.165) is 37.8 Å². The van der Waals surface area contributed by atoms with Crippen LogP contribution in [0.2, 0.25) is 0 Å². The van der Waals surface area contributed by atoms with Crippen molar-refractivity contribution in [3.8, 4) is 5.75 Å². The number of hydrogen-bond acceptors (Lipinski definition) is 3. The third-order valence-electron chi connectivity index (χ3n) is 2.49. The van der Waals surface area contributed by atoms with Crippen LogP contribution in [-0.4, -0.2) is 13.2 Å². The van der Waals surface area contributed by atoms with Crippen LogP contribution in [0.25, 0.3) is 0 Å². The largest absolute Gasteiger partial charge is 0.490 e. The van der Waals surface area contributed by atoms with E-state index in [-0.39, 0.29) is 0 Å². The Bertz CT molecular complexity index is 316. The summed E-state index contributed by atoms with van der Waals surface area (Å²) in [4.78, 5) is 0. The lowest BCUT2D eigenvalue weighted by Crippen LogP contribution is -2.18. The van der Waals surface area contributed by atoms with Gasteiger partial charge in [-0.2, -0.15) is 0 Å². The minimum Gasteiger partial charge on any atom is -0.490 e. The Morgan fingerprint density at radius 1 is 1.15 bits per heavy atom. The molecular formula is C10H11NO2. The SMILES string of the molecule is c1c2c(cc3c1NCCO3)COC2. The van der Waals surface area contributed by atoms with Crippen LogP contribution < -0.4 is 10.1 Å². The van der Waals surface area contributed by atoms with Crippen molar-refractivity contribution in [3.63, 3.8) is 0 Å². The van der Waals surface area contributed by atoms with E-state index >= 15 is 0 Å². The molecule has 0 bridgehead atoms. The predicted molar refractivity (Wildman–Crippen MR) is 48.9 cm³/mol. The molecule has 13 heavy (non-hydrogen) atoms. The molecule has 0 saturated carbocycles. The maximum Gasteiger partial charge on any atom is 0.142 e. The van der Waals surface area contributed by atoms with Gasteiger partial charge in [-0.05, 0) is 23.3 Å². The molecule has 0 radical (unpaired) electrons. The lowest BCUT2D eigenvalue weighted by Gasteiger charge is -2.19. The molecule has 0 atom stereocenters. The Morgan fingerprint density at radius 3 is 2.92 bits per heavy atom. The lowest BCUT2D eigenvalue weighted by atomic mass is 10.1. The van der Waals surface area contributed by atoms with Crippen LogP contribution >= 0.6 is 0 Å². The average molecular weight is 177 g/mol. The number of hydrogen-bond donors (Lipinski definition) is 1. The van der Waals surface area contributed by atoms with Crippen molar-refractivity contribution >= 4 is 5.69 Å². The molecule has 1 N–H and O–H groups in total. The number of benzene rings is 1. The number of ether oxygens (including phenoxy) is 2. The molecule has 2 heterocycles. The Kier molecular flexibility index (Phi) is 1.46. The molecule has 0 amide bonds. The second-order valence-electron chi connectivity index (χ2n) is 3.39. The summed E-state index contributed by atoms with van der Waals surface area (Å²) in [5.41, 5.74) is 3.66. The van der Waals surface area contributed by atoms with E-state index in [2.05, 4.69) is 17.4 Å². The Labute approximate surface area is 76.7 Å². The topological polar surface area (TPSA) is 30.5 Å². The van der Waals surface area contributed by atoms with Crippen LogP contribution in [0.4, 0.5) is 5.69 Å². The zero-order valence-corrected chi connectivity index (χ0v) is 7.30. The van der Waals surface area contributed by atoms with E-state index in [1.165, 1.54) is 11.1 Å². The molecule has 0 unspecified atom stereocenters. The molecule has 0 aliphatic carbocycles. The molecule has 0 fully saturated rings. The van der Waals surface area contributed by atoms with Crippen molar-refractivity contribution in [1.29, 1.82) is 0 Å². The van der Waals surface area contributed by atoms with Crippen molar-refractivity contribution in [2.75, 3.05) is 18.5 Å². The van der Waals surface area contributed by atoms with Gasteiger partial charge in [-0.15, -0.1) is 0 Å². The molecular weight excluding hydrogens is 166 g/mol. The first-order valence-corrected chi connectivity index (χ1v) is 4.54. The molecule has 0 aromatic heterocycles. The van der Waals surface area contributed by atoms with Crippen molar-refractivity contribution in [2.45, 2.75) is 13.2 Å². The smallest absolute Gasteiger partial charge is 0.142 e. The Balaban J connectivity index is 2.11. The van der Waals surface area contributed by atoms with Crippen molar-refractivity contribution in [1.82, 2.24) is 0 Å². The fraction of sp³-hybridized carbons (Fsp3) is 0.400. The molecule has 2 aliphatic rings. The van der Waals surface area contributed by atoms with Crippen LogP contribution in [-0.2, 0) is 18.0 Å². The van der Waals surface area contributed by atoms with E-state index in [0.29, 0.717) is 0 Å². The maximum absolute atomic E-state index is 5.53. The van der Waals surface area contributed by atoms with Gasteiger partial charge in [-0.1, -0.05) is 0 Å². The van der Waals surface area contributed by atoms with Gasteiger partial charge in [0.1, 0.15) is 12.4 Å². The molecule has 2 aliphatic heterocycles. The highest BCUT2D eigenvalue weighted by molar-refractivity contribution is 5.61. The highest BCUT2D eigenvalue weighted by Gasteiger charge is 2.17. The molecule has 0 spiro atoms. The number of nitrogens with one attached hydrogen (secondary N) is 1. The van der Waals surface area contributed by atoms with Crippen LogP contribution in [0.5, 0.6) is 5.75 Å². The second-order valence-corrected chi connectivity index (χ2v) is 3.39. The van der Waals surface area contributed by atoms with Gasteiger partial charge in [0.2, 0.25) is 0 Å². The van der Waals surface area contributed by atoms with Gasteiger partial charge < -0.3 is 14.8 Å². The molecule has 1 aromatic carbocycles. The van der Waals surface area contributed by atoms with Gasteiger partial charge in [0.25, 0.3) is 0 Å². The Morgan fingerprint density at radius 2 is 2.00 bits per heavy atom. The minimum absolute atomic E-state index is 0.728. The predicted octanol–water partition coefficient (Wildman–Crippen LogP) is 1.52. The number of fused-ring (bicyclic) bond motifs is 2. The van der Waals surface area contributed by atoms with E-state index in [9.17, 15) is 0 Å². The van der Waals surface area contributed by atoms with Gasteiger partial charge in [-0.3, -0.25) is 0 Å². The zero-order valence-electron chi connectivity index (χ0n) is 7.30. The van der Waals surface area contributed by atoms with Gasteiger partial charge in [0.15, 0.2) is 0 Å². The fourth-order valence-electron chi connectivity index (χ4n) is 1.81. The second kappa shape index (κ2) is 2.64. The first-order valence-electron chi connectivity index (χ1n) is 4.54. The highest BCUT2D eigenvalue weighted by atomic mass is 16.5. The van der Waals surface area contributed by atoms with E-state index in [4.69, 9.17) is 9.47 Å². The average Bonchev–Trinajstić information content (AvgIpc) is 2.61. The first-order chi connectivity index (χ1) is 6.43. The van der Waals surface area contributed by atoms with E-state index in [1.807, 2.05) is 0 Å². The summed E-state index contributed by atoms with van der Waals surface area (Å²) in [6, 6.07) is 4.22. The van der Waals surface area contributed by atoms with Gasteiger partial charge in [0, 0.05) is 6.54 Å². The minimum atomic E-state index is 0.728. The fourth-order valence-corrected chi connectivity index (χ4v) is 1.81. The Hall–Kier alpha value is -1.22. The van der Waals surface area contributed by atoms with Crippen molar-refractivity contribution in [3.05, 3.63) is 23.3 Å². The summed E-state index contributed by atoms with van der Waals surface area (Å²) < 4.78 is 10.9. The van der Waals surface area contributed by atoms with Crippen LogP contribution in [0.15, 0.2) is 12.1 Å². The van der Waals surface area contributed by atoms with Crippen LogP contribution in [0.1, 0.15) is 11.1 Å². The highest BCUT2D eigenvalue weighted by Crippen LogP contribution is 2.33. The molecule has 3 rings (SSSR count). The van der Waals surface area contributed by atoms with E-state index < -0.39 is 0 Å². The molecule has 1 aromatic rings. The normalized spacial score (nSPS) is 18.5. The summed E-state index contributed by atoms with van der Waals surface area (Å²) in [5.74, 6) is 0.968. The molecule has 68 valence electrons. The summed E-state index contributed by atoms with van der Waals surface area (Å²) >= 11 is 0. The van der Waals surface area contributed by atoms with Crippen molar-refractivity contribution in [2.24, 2.45) is 0 Å². The van der Waals surface area contributed by atoms with Gasteiger partial charge in [0.05, 0.1) is 18.9 Å². The van der Waals surface area contributed by atoms with E-state index in [1.54, 1.807) is 0 Å². The third-order valence-corrected chi connectivity index (χ3v) is 2.49.